The summed E-state index contributed by atoms with van der Waals surface area (Å²) >= 11 is 1.59. The third-order valence-corrected chi connectivity index (χ3v) is 3.81. The first kappa shape index (κ1) is 10.6. The molecule has 0 aliphatic carbocycles. The van der Waals surface area contributed by atoms with E-state index in [4.69, 9.17) is 5.73 Å². The van der Waals surface area contributed by atoms with E-state index in [1.807, 2.05) is 6.07 Å². The van der Waals surface area contributed by atoms with Crippen LogP contribution in [0.4, 0.5) is 0 Å². The highest BCUT2D eigenvalue weighted by molar-refractivity contribution is 7.07. The number of benzene rings is 1. The van der Waals surface area contributed by atoms with Crippen molar-refractivity contribution in [2.24, 2.45) is 11.7 Å². The molecule has 1 atom stereocenters. The molecule has 2 aromatic rings. The quantitative estimate of drug-likeness (QED) is 0.863. The monoisotopic (exact) mass is 220 g/mol. The topological polar surface area (TPSA) is 38.9 Å². The van der Waals surface area contributed by atoms with E-state index in [1.165, 1.54) is 10.3 Å². The SMILES string of the molecule is CC(C)C(CN)c1snc2ccccc12. The molecule has 0 radical (unpaired) electrons. The molecule has 0 saturated heterocycles. The van der Waals surface area contributed by atoms with Crippen molar-refractivity contribution in [3.8, 4) is 0 Å². The highest BCUT2D eigenvalue weighted by atomic mass is 32.1. The van der Waals surface area contributed by atoms with E-state index >= 15 is 0 Å². The highest BCUT2D eigenvalue weighted by Crippen LogP contribution is 2.32. The van der Waals surface area contributed by atoms with Crippen molar-refractivity contribution < 1.29 is 0 Å². The van der Waals surface area contributed by atoms with Crippen molar-refractivity contribution in [3.63, 3.8) is 0 Å². The Morgan fingerprint density at radius 1 is 1.33 bits per heavy atom. The molecule has 2 rings (SSSR count). The lowest BCUT2D eigenvalue weighted by molar-refractivity contribution is 0.515. The summed E-state index contributed by atoms with van der Waals surface area (Å²) < 4.78 is 4.46. The predicted molar refractivity (Wildman–Crippen MR) is 66.3 cm³/mol. The summed E-state index contributed by atoms with van der Waals surface area (Å²) in [5.41, 5.74) is 6.93. The molecule has 15 heavy (non-hydrogen) atoms. The minimum absolute atomic E-state index is 0.433. The maximum Gasteiger partial charge on any atom is 0.0843 e. The normalized spacial score (nSPS) is 13.6. The highest BCUT2D eigenvalue weighted by Gasteiger charge is 2.18. The molecule has 0 aliphatic rings. The van der Waals surface area contributed by atoms with Gasteiger partial charge in [0.05, 0.1) is 5.52 Å². The predicted octanol–water partition coefficient (Wildman–Crippen LogP) is 2.99. The van der Waals surface area contributed by atoms with Gasteiger partial charge in [0.15, 0.2) is 0 Å². The molecular weight excluding hydrogens is 204 g/mol. The molecule has 0 fully saturated rings. The molecule has 1 heterocycles. The molecule has 2 N–H and O–H groups in total. The van der Waals surface area contributed by atoms with Gasteiger partial charge in [0, 0.05) is 22.7 Å². The number of nitrogens with zero attached hydrogens (tertiary/aromatic N) is 1. The average Bonchev–Trinajstić information content (AvgIpc) is 2.63. The van der Waals surface area contributed by atoms with Crippen molar-refractivity contribution in [2.75, 3.05) is 6.54 Å². The zero-order valence-corrected chi connectivity index (χ0v) is 9.92. The van der Waals surface area contributed by atoms with Crippen LogP contribution in [0.5, 0.6) is 0 Å². The number of hydrogen-bond donors (Lipinski definition) is 1. The van der Waals surface area contributed by atoms with Crippen LogP contribution in [-0.2, 0) is 0 Å². The molecule has 1 aromatic carbocycles. The lowest BCUT2D eigenvalue weighted by Gasteiger charge is -2.16. The van der Waals surface area contributed by atoms with Gasteiger partial charge < -0.3 is 5.73 Å². The van der Waals surface area contributed by atoms with Gasteiger partial charge in [0.1, 0.15) is 0 Å². The van der Waals surface area contributed by atoms with Gasteiger partial charge in [0.25, 0.3) is 0 Å². The fraction of sp³-hybridized carbons (Fsp3) is 0.417. The van der Waals surface area contributed by atoms with Gasteiger partial charge in [-0.1, -0.05) is 32.0 Å². The second-order valence-corrected chi connectivity index (χ2v) is 4.96. The Hall–Kier alpha value is -0.930. The molecule has 0 bridgehead atoms. The van der Waals surface area contributed by atoms with E-state index in [9.17, 15) is 0 Å². The summed E-state index contributed by atoms with van der Waals surface area (Å²) in [7, 11) is 0. The second-order valence-electron chi connectivity index (χ2n) is 4.15. The van der Waals surface area contributed by atoms with Crippen LogP contribution >= 0.6 is 11.5 Å². The van der Waals surface area contributed by atoms with Gasteiger partial charge in [-0.15, -0.1) is 0 Å². The van der Waals surface area contributed by atoms with Crippen molar-refractivity contribution in [1.29, 1.82) is 0 Å². The lowest BCUT2D eigenvalue weighted by Crippen LogP contribution is -2.16. The molecule has 2 nitrogen and oxygen atoms in total. The molecular formula is C12H16N2S. The van der Waals surface area contributed by atoms with Crippen LogP contribution in [0.1, 0.15) is 24.6 Å². The zero-order valence-electron chi connectivity index (χ0n) is 9.10. The number of rotatable bonds is 3. The lowest BCUT2D eigenvalue weighted by atomic mass is 9.92. The summed E-state index contributed by atoms with van der Waals surface area (Å²) in [6.07, 6.45) is 0. The van der Waals surface area contributed by atoms with E-state index in [0.29, 0.717) is 18.4 Å². The third kappa shape index (κ3) is 1.90. The van der Waals surface area contributed by atoms with Crippen molar-refractivity contribution in [3.05, 3.63) is 29.1 Å². The van der Waals surface area contributed by atoms with Gasteiger partial charge in [0.2, 0.25) is 0 Å². The minimum Gasteiger partial charge on any atom is -0.330 e. The second kappa shape index (κ2) is 4.29. The summed E-state index contributed by atoms with van der Waals surface area (Å²) in [6, 6.07) is 8.29. The Kier molecular flexibility index (Phi) is 3.03. The first-order chi connectivity index (χ1) is 7.24. The van der Waals surface area contributed by atoms with E-state index in [-0.39, 0.29) is 0 Å². The largest absolute Gasteiger partial charge is 0.330 e. The molecule has 3 heteroatoms. The van der Waals surface area contributed by atoms with Crippen molar-refractivity contribution in [1.82, 2.24) is 4.37 Å². The van der Waals surface area contributed by atoms with E-state index in [1.54, 1.807) is 11.5 Å². The minimum atomic E-state index is 0.433. The Morgan fingerprint density at radius 3 is 2.73 bits per heavy atom. The number of hydrogen-bond acceptors (Lipinski definition) is 3. The maximum absolute atomic E-state index is 5.83. The smallest absolute Gasteiger partial charge is 0.0843 e. The van der Waals surface area contributed by atoms with Gasteiger partial charge >= 0.3 is 0 Å². The molecule has 0 spiro atoms. The third-order valence-electron chi connectivity index (χ3n) is 2.81. The first-order valence-corrected chi connectivity index (χ1v) is 6.05. The van der Waals surface area contributed by atoms with E-state index in [2.05, 4.69) is 36.4 Å². The fourth-order valence-electron chi connectivity index (χ4n) is 1.86. The summed E-state index contributed by atoms with van der Waals surface area (Å²) in [4.78, 5) is 1.34. The average molecular weight is 220 g/mol. The van der Waals surface area contributed by atoms with Gasteiger partial charge in [-0.05, 0) is 23.5 Å². The van der Waals surface area contributed by atoms with Crippen molar-refractivity contribution in [2.45, 2.75) is 19.8 Å². The van der Waals surface area contributed by atoms with Gasteiger partial charge in [-0.2, -0.15) is 4.37 Å². The maximum atomic E-state index is 5.83. The van der Waals surface area contributed by atoms with Crippen LogP contribution in [0.15, 0.2) is 24.3 Å². The van der Waals surface area contributed by atoms with Crippen LogP contribution in [0.2, 0.25) is 0 Å². The molecule has 0 saturated carbocycles. The first-order valence-electron chi connectivity index (χ1n) is 5.28. The van der Waals surface area contributed by atoms with Crippen molar-refractivity contribution >= 4 is 22.4 Å². The number of fused-ring (bicyclic) bond motifs is 1. The Labute approximate surface area is 94.3 Å². The Morgan fingerprint density at radius 2 is 2.07 bits per heavy atom. The fourth-order valence-corrected chi connectivity index (χ4v) is 2.99. The van der Waals surface area contributed by atoms with E-state index in [0.717, 1.165) is 5.52 Å². The van der Waals surface area contributed by atoms with Crippen LogP contribution in [0, 0.1) is 5.92 Å². The Balaban J connectivity index is 2.51. The van der Waals surface area contributed by atoms with Crippen LogP contribution in [0.3, 0.4) is 0 Å². The van der Waals surface area contributed by atoms with Gasteiger partial charge in [-0.25, -0.2) is 0 Å². The van der Waals surface area contributed by atoms with Crippen LogP contribution in [-0.4, -0.2) is 10.9 Å². The molecule has 1 unspecified atom stereocenters. The molecule has 0 aliphatic heterocycles. The zero-order chi connectivity index (χ0) is 10.8. The molecule has 1 aromatic heterocycles. The summed E-state index contributed by atoms with van der Waals surface area (Å²) in [5, 5.41) is 1.27. The van der Waals surface area contributed by atoms with Crippen LogP contribution < -0.4 is 5.73 Å². The Bertz CT molecular complexity index is 448. The summed E-state index contributed by atoms with van der Waals surface area (Å²) in [6.45, 7) is 5.13. The summed E-state index contributed by atoms with van der Waals surface area (Å²) in [5.74, 6) is 1.00. The number of nitrogens with two attached hydrogens (primary N) is 1. The molecule has 0 amide bonds. The molecule has 80 valence electrons. The standard InChI is InChI=1S/C12H16N2S/c1-8(2)10(7-13)12-9-5-3-4-6-11(9)14-15-12/h3-6,8,10H,7,13H2,1-2H3. The van der Waals surface area contributed by atoms with Crippen LogP contribution in [0.25, 0.3) is 10.9 Å². The van der Waals surface area contributed by atoms with E-state index < -0.39 is 0 Å². The number of aromatic nitrogens is 1. The van der Waals surface area contributed by atoms with Gasteiger partial charge in [-0.3, -0.25) is 0 Å².